The topological polar surface area (TPSA) is 84.9 Å². The summed E-state index contributed by atoms with van der Waals surface area (Å²) in [5.74, 6) is -1.28. The van der Waals surface area contributed by atoms with Crippen LogP contribution in [0.25, 0.3) is 0 Å². The third kappa shape index (κ3) is 6.81. The van der Waals surface area contributed by atoms with Gasteiger partial charge in [-0.25, -0.2) is 9.59 Å². The first-order valence-electron chi connectivity index (χ1n) is 7.80. The van der Waals surface area contributed by atoms with E-state index in [9.17, 15) is 27.9 Å². The summed E-state index contributed by atoms with van der Waals surface area (Å²) in [5, 5.41) is 11.5. The third-order valence-corrected chi connectivity index (χ3v) is 3.31. The van der Waals surface area contributed by atoms with E-state index < -0.39 is 35.4 Å². The van der Waals surface area contributed by atoms with Crippen LogP contribution in [-0.4, -0.2) is 35.9 Å². The number of hydrogen-bond donors (Lipinski definition) is 2. The van der Waals surface area contributed by atoms with Crippen molar-refractivity contribution in [2.75, 3.05) is 7.11 Å². The molecule has 0 aromatic heterocycles. The lowest BCUT2D eigenvalue weighted by Gasteiger charge is -2.22. The number of hydrogen-bond acceptors (Lipinski definition) is 4. The number of aliphatic carboxylic acids is 1. The van der Waals surface area contributed by atoms with Crippen LogP contribution in [0.3, 0.4) is 0 Å². The molecule has 0 unspecified atom stereocenters. The summed E-state index contributed by atoms with van der Waals surface area (Å²) in [6, 6.07) is 1.73. The normalized spacial score (nSPS) is 13.0. The van der Waals surface area contributed by atoms with Crippen molar-refractivity contribution in [1.29, 1.82) is 0 Å². The molecule has 1 rings (SSSR count). The first-order chi connectivity index (χ1) is 11.8. The highest BCUT2D eigenvalue weighted by atomic mass is 19.4. The van der Waals surface area contributed by atoms with Crippen LogP contribution in [0.1, 0.15) is 38.3 Å². The molecule has 0 saturated heterocycles. The molecule has 0 saturated carbocycles. The molecule has 0 bridgehead atoms. The van der Waals surface area contributed by atoms with Crippen molar-refractivity contribution in [2.24, 2.45) is 0 Å². The average molecular weight is 377 g/mol. The molecule has 1 aromatic rings. The first kappa shape index (κ1) is 21.6. The van der Waals surface area contributed by atoms with Crippen LogP contribution in [0.5, 0.6) is 5.75 Å². The molecule has 1 amide bonds. The Kier molecular flexibility index (Phi) is 6.88. The van der Waals surface area contributed by atoms with Gasteiger partial charge in [0.15, 0.2) is 0 Å². The van der Waals surface area contributed by atoms with Gasteiger partial charge in [-0.2, -0.15) is 13.2 Å². The van der Waals surface area contributed by atoms with Gasteiger partial charge < -0.3 is 19.9 Å². The number of amides is 1. The number of halogens is 3. The standard InChI is InChI=1S/C17H22F3NO5/c1-16(2,3)26-15(24)21-12(14(22)23)8-6-10-5-7-11(17(18,19)20)9-13(10)25-4/h5,7,9,12H,6,8H2,1-4H3,(H,21,24)(H,22,23)/t12-/m1/s1. The van der Waals surface area contributed by atoms with E-state index in [1.807, 2.05) is 0 Å². The number of nitrogens with one attached hydrogen (secondary N) is 1. The van der Waals surface area contributed by atoms with E-state index in [4.69, 9.17) is 9.47 Å². The summed E-state index contributed by atoms with van der Waals surface area (Å²) in [7, 11) is 1.23. The van der Waals surface area contributed by atoms with Crippen molar-refractivity contribution in [2.45, 2.75) is 51.4 Å². The van der Waals surface area contributed by atoms with E-state index in [-0.39, 0.29) is 18.6 Å². The quantitative estimate of drug-likeness (QED) is 0.791. The maximum atomic E-state index is 12.7. The molecule has 146 valence electrons. The molecule has 0 radical (unpaired) electrons. The highest BCUT2D eigenvalue weighted by Gasteiger charge is 2.31. The summed E-state index contributed by atoms with van der Waals surface area (Å²) in [5.41, 5.74) is -1.25. The molecule has 0 fully saturated rings. The van der Waals surface area contributed by atoms with Gasteiger partial charge in [0.1, 0.15) is 17.4 Å². The molecular formula is C17H22F3NO5. The molecule has 0 aliphatic rings. The lowest BCUT2D eigenvalue weighted by molar-refractivity contribution is -0.139. The second-order valence-electron chi connectivity index (χ2n) is 6.60. The van der Waals surface area contributed by atoms with Gasteiger partial charge in [-0.15, -0.1) is 0 Å². The molecular weight excluding hydrogens is 355 g/mol. The Balaban J connectivity index is 2.83. The zero-order chi connectivity index (χ0) is 20.1. The Bertz CT molecular complexity index is 653. The minimum Gasteiger partial charge on any atom is -0.496 e. The van der Waals surface area contributed by atoms with E-state index in [1.165, 1.54) is 13.2 Å². The molecule has 0 aliphatic heterocycles. The summed E-state index contributed by atoms with van der Waals surface area (Å²) >= 11 is 0. The van der Waals surface area contributed by atoms with Crippen LogP contribution in [0.2, 0.25) is 0 Å². The van der Waals surface area contributed by atoms with Gasteiger partial charge in [0.05, 0.1) is 12.7 Å². The van der Waals surface area contributed by atoms with Crippen molar-refractivity contribution in [3.05, 3.63) is 29.3 Å². The Labute approximate surface area is 149 Å². The van der Waals surface area contributed by atoms with Gasteiger partial charge in [-0.3, -0.25) is 0 Å². The van der Waals surface area contributed by atoms with Gasteiger partial charge in [0.25, 0.3) is 0 Å². The van der Waals surface area contributed by atoms with E-state index in [1.54, 1.807) is 20.8 Å². The number of carbonyl (C=O) groups excluding carboxylic acids is 1. The zero-order valence-electron chi connectivity index (χ0n) is 14.9. The summed E-state index contributed by atoms with van der Waals surface area (Å²) in [6.07, 6.45) is -5.35. The minimum absolute atomic E-state index is 0.00114. The number of methoxy groups -OCH3 is 1. The van der Waals surface area contributed by atoms with Crippen molar-refractivity contribution < 1.29 is 37.3 Å². The predicted molar refractivity (Wildman–Crippen MR) is 87.1 cm³/mol. The highest BCUT2D eigenvalue weighted by Crippen LogP contribution is 2.33. The summed E-state index contributed by atoms with van der Waals surface area (Å²) in [6.45, 7) is 4.90. The van der Waals surface area contributed by atoms with Crippen molar-refractivity contribution in [3.8, 4) is 5.75 Å². The summed E-state index contributed by atoms with van der Waals surface area (Å²) < 4.78 is 48.2. The molecule has 26 heavy (non-hydrogen) atoms. The molecule has 1 aromatic carbocycles. The molecule has 2 N–H and O–H groups in total. The zero-order valence-corrected chi connectivity index (χ0v) is 14.9. The maximum absolute atomic E-state index is 12.7. The van der Waals surface area contributed by atoms with Crippen LogP contribution in [0.15, 0.2) is 18.2 Å². The largest absolute Gasteiger partial charge is 0.496 e. The van der Waals surface area contributed by atoms with Crippen LogP contribution in [0, 0.1) is 0 Å². The molecule has 6 nitrogen and oxygen atoms in total. The van der Waals surface area contributed by atoms with Crippen molar-refractivity contribution in [1.82, 2.24) is 5.32 Å². The molecule has 9 heteroatoms. The number of benzene rings is 1. The Hall–Kier alpha value is -2.45. The Morgan fingerprint density at radius 1 is 1.23 bits per heavy atom. The fourth-order valence-corrected chi connectivity index (χ4v) is 2.13. The molecule has 1 atom stereocenters. The number of carboxylic acids is 1. The number of carboxylic acid groups (broad SMARTS) is 1. The average Bonchev–Trinajstić information content (AvgIpc) is 2.48. The van der Waals surface area contributed by atoms with Gasteiger partial charge in [0.2, 0.25) is 0 Å². The SMILES string of the molecule is COc1cc(C(F)(F)F)ccc1CC[C@@H](NC(=O)OC(C)(C)C)C(=O)O. The van der Waals surface area contributed by atoms with Crippen molar-refractivity contribution >= 4 is 12.1 Å². The number of ether oxygens (including phenoxy) is 2. The van der Waals surface area contributed by atoms with Crippen molar-refractivity contribution in [3.63, 3.8) is 0 Å². The van der Waals surface area contributed by atoms with Crippen LogP contribution < -0.4 is 10.1 Å². The summed E-state index contributed by atoms with van der Waals surface area (Å²) in [4.78, 5) is 23.0. The van der Waals surface area contributed by atoms with Crippen LogP contribution >= 0.6 is 0 Å². The van der Waals surface area contributed by atoms with Gasteiger partial charge in [0, 0.05) is 0 Å². The highest BCUT2D eigenvalue weighted by molar-refractivity contribution is 5.80. The number of carbonyl (C=O) groups is 2. The van der Waals surface area contributed by atoms with E-state index >= 15 is 0 Å². The monoisotopic (exact) mass is 377 g/mol. The minimum atomic E-state index is -4.51. The number of aryl methyl sites for hydroxylation is 1. The fourth-order valence-electron chi connectivity index (χ4n) is 2.13. The molecule has 0 aliphatic carbocycles. The first-order valence-corrected chi connectivity index (χ1v) is 7.80. The number of alkyl halides is 3. The third-order valence-electron chi connectivity index (χ3n) is 3.31. The fraction of sp³-hybridized carbons (Fsp3) is 0.529. The molecule has 0 heterocycles. The van der Waals surface area contributed by atoms with Gasteiger partial charge >= 0.3 is 18.2 Å². The smallest absolute Gasteiger partial charge is 0.416 e. The van der Waals surface area contributed by atoms with Crippen LogP contribution in [-0.2, 0) is 22.1 Å². The maximum Gasteiger partial charge on any atom is 0.416 e. The lowest BCUT2D eigenvalue weighted by atomic mass is 10.0. The van der Waals surface area contributed by atoms with E-state index in [0.717, 1.165) is 12.1 Å². The predicted octanol–water partition coefficient (Wildman–Crippen LogP) is 3.62. The number of alkyl carbamates (subject to hydrolysis) is 1. The Morgan fingerprint density at radius 3 is 2.31 bits per heavy atom. The van der Waals surface area contributed by atoms with Gasteiger partial charge in [-0.1, -0.05) is 6.07 Å². The van der Waals surface area contributed by atoms with Gasteiger partial charge in [-0.05, 0) is 51.3 Å². The Morgan fingerprint density at radius 2 is 1.85 bits per heavy atom. The number of rotatable bonds is 6. The van der Waals surface area contributed by atoms with E-state index in [2.05, 4.69) is 5.32 Å². The second kappa shape index (κ2) is 8.29. The van der Waals surface area contributed by atoms with Crippen LogP contribution in [0.4, 0.5) is 18.0 Å². The molecule has 0 spiro atoms. The lowest BCUT2D eigenvalue weighted by Crippen LogP contribution is -2.43. The van der Waals surface area contributed by atoms with E-state index in [0.29, 0.717) is 5.56 Å². The second-order valence-corrected chi connectivity index (χ2v) is 6.60.